The zero-order chi connectivity index (χ0) is 14.1. The van der Waals surface area contributed by atoms with E-state index in [-0.39, 0.29) is 12.7 Å². The average Bonchev–Trinajstić information content (AvgIpc) is 2.78. The average molecular weight is 276 g/mol. The first kappa shape index (κ1) is 16.9. The van der Waals surface area contributed by atoms with Gasteiger partial charge in [0.25, 0.3) is 0 Å². The fourth-order valence-corrected chi connectivity index (χ4v) is 2.32. The topological polar surface area (TPSA) is 79.2 Å². The molecule has 114 valence electrons. The van der Waals surface area contributed by atoms with Crippen LogP contribution in [0.15, 0.2) is 0 Å². The number of hydrogen-bond acceptors (Lipinski definition) is 5. The van der Waals surface area contributed by atoms with Crippen molar-refractivity contribution in [3.8, 4) is 0 Å². The molecule has 0 amide bonds. The molecule has 1 heterocycles. The van der Waals surface area contributed by atoms with E-state index in [2.05, 4.69) is 6.92 Å². The fraction of sp³-hybridized carbons (Fsp3) is 1.00. The van der Waals surface area contributed by atoms with Gasteiger partial charge >= 0.3 is 0 Å². The summed E-state index contributed by atoms with van der Waals surface area (Å²) in [6, 6.07) is 0. The SMILES string of the molecule is CCCCCCCCO[C@H]1CO[C@@H]([C@H](O)CO)[C@H]1O. The minimum atomic E-state index is -1.04. The molecule has 0 spiro atoms. The van der Waals surface area contributed by atoms with Gasteiger partial charge in [-0.05, 0) is 6.42 Å². The monoisotopic (exact) mass is 276 g/mol. The third kappa shape index (κ3) is 5.75. The second-order valence-electron chi connectivity index (χ2n) is 5.22. The van der Waals surface area contributed by atoms with Crippen molar-refractivity contribution in [2.24, 2.45) is 0 Å². The molecule has 19 heavy (non-hydrogen) atoms. The Hall–Kier alpha value is -0.200. The largest absolute Gasteiger partial charge is 0.394 e. The molecule has 5 nitrogen and oxygen atoms in total. The van der Waals surface area contributed by atoms with E-state index in [1.165, 1.54) is 25.7 Å². The molecule has 0 unspecified atom stereocenters. The van der Waals surface area contributed by atoms with Crippen molar-refractivity contribution in [3.05, 3.63) is 0 Å². The maximum Gasteiger partial charge on any atom is 0.114 e. The number of rotatable bonds is 10. The van der Waals surface area contributed by atoms with Crippen LogP contribution in [0.25, 0.3) is 0 Å². The highest BCUT2D eigenvalue weighted by molar-refractivity contribution is 4.88. The Bertz CT molecular complexity index is 224. The van der Waals surface area contributed by atoms with Crippen LogP contribution in [0.4, 0.5) is 0 Å². The van der Waals surface area contributed by atoms with E-state index in [9.17, 15) is 10.2 Å². The summed E-state index contributed by atoms with van der Waals surface area (Å²) in [7, 11) is 0. The molecule has 1 aliphatic rings. The third-order valence-electron chi connectivity index (χ3n) is 3.57. The van der Waals surface area contributed by atoms with Gasteiger partial charge in [-0.1, -0.05) is 39.0 Å². The Labute approximate surface area is 115 Å². The standard InChI is InChI=1S/C14H28O5/c1-2-3-4-5-6-7-8-18-12-10-19-14(13(12)17)11(16)9-15/h11-17H,2-10H2,1H3/t11-,12+,13+,14+/m1/s1. The summed E-state index contributed by atoms with van der Waals surface area (Å²) in [6.07, 6.45) is 4.14. The van der Waals surface area contributed by atoms with E-state index in [4.69, 9.17) is 14.6 Å². The molecule has 0 bridgehead atoms. The van der Waals surface area contributed by atoms with E-state index in [1.54, 1.807) is 0 Å². The lowest BCUT2D eigenvalue weighted by Gasteiger charge is -2.20. The lowest BCUT2D eigenvalue weighted by atomic mass is 10.1. The van der Waals surface area contributed by atoms with Gasteiger partial charge in [0.15, 0.2) is 0 Å². The Morgan fingerprint density at radius 1 is 1.21 bits per heavy atom. The van der Waals surface area contributed by atoms with Crippen molar-refractivity contribution >= 4 is 0 Å². The molecule has 0 saturated carbocycles. The van der Waals surface area contributed by atoms with Gasteiger partial charge < -0.3 is 24.8 Å². The van der Waals surface area contributed by atoms with Crippen molar-refractivity contribution in [1.82, 2.24) is 0 Å². The fourth-order valence-electron chi connectivity index (χ4n) is 2.32. The first-order valence-corrected chi connectivity index (χ1v) is 7.40. The van der Waals surface area contributed by atoms with Crippen LogP contribution in [0, 0.1) is 0 Å². The Morgan fingerprint density at radius 3 is 2.58 bits per heavy atom. The van der Waals surface area contributed by atoms with Crippen molar-refractivity contribution in [2.75, 3.05) is 19.8 Å². The van der Waals surface area contributed by atoms with Crippen molar-refractivity contribution in [3.63, 3.8) is 0 Å². The zero-order valence-electron chi connectivity index (χ0n) is 11.8. The van der Waals surface area contributed by atoms with Crippen LogP contribution in [0.1, 0.15) is 45.4 Å². The van der Waals surface area contributed by atoms with Crippen LogP contribution in [0.3, 0.4) is 0 Å². The second-order valence-corrected chi connectivity index (χ2v) is 5.22. The Balaban J connectivity index is 2.07. The highest BCUT2D eigenvalue weighted by atomic mass is 16.6. The molecule has 0 aromatic heterocycles. The molecular weight excluding hydrogens is 248 g/mol. The molecule has 1 rings (SSSR count). The molecular formula is C14H28O5. The van der Waals surface area contributed by atoms with Crippen LogP contribution in [-0.4, -0.2) is 59.6 Å². The van der Waals surface area contributed by atoms with Crippen LogP contribution >= 0.6 is 0 Å². The predicted molar refractivity (Wildman–Crippen MR) is 72.0 cm³/mol. The maximum atomic E-state index is 9.90. The van der Waals surface area contributed by atoms with E-state index in [0.29, 0.717) is 6.61 Å². The second kappa shape index (κ2) is 9.66. The lowest BCUT2D eigenvalue weighted by molar-refractivity contribution is -0.0730. The number of aliphatic hydroxyl groups excluding tert-OH is 3. The van der Waals surface area contributed by atoms with Gasteiger partial charge in [-0.2, -0.15) is 0 Å². The lowest BCUT2D eigenvalue weighted by Crippen LogP contribution is -2.41. The summed E-state index contributed by atoms with van der Waals surface area (Å²) in [5, 5.41) is 28.2. The van der Waals surface area contributed by atoms with Gasteiger partial charge in [-0.25, -0.2) is 0 Å². The third-order valence-corrected chi connectivity index (χ3v) is 3.57. The summed E-state index contributed by atoms with van der Waals surface area (Å²) >= 11 is 0. The smallest absolute Gasteiger partial charge is 0.114 e. The van der Waals surface area contributed by atoms with Crippen LogP contribution < -0.4 is 0 Å². The quantitative estimate of drug-likeness (QED) is 0.515. The van der Waals surface area contributed by atoms with Gasteiger partial charge in [0.1, 0.15) is 24.4 Å². The van der Waals surface area contributed by atoms with Crippen molar-refractivity contribution < 1.29 is 24.8 Å². The zero-order valence-corrected chi connectivity index (χ0v) is 11.8. The minimum absolute atomic E-state index is 0.277. The van der Waals surface area contributed by atoms with Crippen LogP contribution in [0.2, 0.25) is 0 Å². The van der Waals surface area contributed by atoms with Crippen molar-refractivity contribution in [2.45, 2.75) is 69.9 Å². The highest BCUT2D eigenvalue weighted by Gasteiger charge is 2.40. The molecule has 3 N–H and O–H groups in total. The summed E-state index contributed by atoms with van der Waals surface area (Å²) in [5.41, 5.74) is 0. The molecule has 0 aromatic carbocycles. The van der Waals surface area contributed by atoms with Gasteiger partial charge in [0, 0.05) is 6.61 Å². The van der Waals surface area contributed by atoms with E-state index < -0.39 is 24.9 Å². The summed E-state index contributed by atoms with van der Waals surface area (Å²) < 4.78 is 10.8. The van der Waals surface area contributed by atoms with Gasteiger partial charge in [0.2, 0.25) is 0 Å². The number of ether oxygens (including phenoxy) is 2. The Kier molecular flexibility index (Phi) is 8.57. The maximum absolute atomic E-state index is 9.90. The molecule has 4 atom stereocenters. The summed E-state index contributed by atoms with van der Waals surface area (Å²) in [4.78, 5) is 0. The molecule has 0 radical (unpaired) electrons. The van der Waals surface area contributed by atoms with Gasteiger partial charge in [0.05, 0.1) is 13.2 Å². The molecule has 1 fully saturated rings. The molecule has 0 aromatic rings. The molecule has 1 aliphatic heterocycles. The molecule has 0 aliphatic carbocycles. The first-order chi connectivity index (χ1) is 9.20. The van der Waals surface area contributed by atoms with Gasteiger partial charge in [-0.15, -0.1) is 0 Å². The normalized spacial score (nSPS) is 28.7. The van der Waals surface area contributed by atoms with E-state index in [0.717, 1.165) is 12.8 Å². The van der Waals surface area contributed by atoms with Crippen molar-refractivity contribution in [1.29, 1.82) is 0 Å². The summed E-state index contributed by atoms with van der Waals surface area (Å²) in [6.45, 7) is 2.67. The van der Waals surface area contributed by atoms with Gasteiger partial charge in [-0.3, -0.25) is 0 Å². The van der Waals surface area contributed by atoms with E-state index in [1.807, 2.05) is 0 Å². The van der Waals surface area contributed by atoms with Crippen LogP contribution in [0.5, 0.6) is 0 Å². The highest BCUT2D eigenvalue weighted by Crippen LogP contribution is 2.20. The van der Waals surface area contributed by atoms with E-state index >= 15 is 0 Å². The number of hydrogen-bond donors (Lipinski definition) is 3. The number of unbranched alkanes of at least 4 members (excludes halogenated alkanes) is 5. The molecule has 1 saturated heterocycles. The van der Waals surface area contributed by atoms with Crippen LogP contribution in [-0.2, 0) is 9.47 Å². The minimum Gasteiger partial charge on any atom is -0.394 e. The summed E-state index contributed by atoms with van der Waals surface area (Å²) in [5.74, 6) is 0. The number of aliphatic hydroxyl groups is 3. The predicted octanol–water partition coefficient (Wildman–Crippen LogP) is 0.845. The Morgan fingerprint density at radius 2 is 1.89 bits per heavy atom. The molecule has 5 heteroatoms. The first-order valence-electron chi connectivity index (χ1n) is 7.40.